The van der Waals surface area contributed by atoms with Gasteiger partial charge in [-0.15, -0.1) is 12.4 Å². The van der Waals surface area contributed by atoms with E-state index >= 15 is 0 Å². The molecule has 0 bridgehead atoms. The lowest BCUT2D eigenvalue weighted by molar-refractivity contribution is -0.132. The molecule has 0 aliphatic carbocycles. The molecule has 1 N–H and O–H groups in total. The molecule has 152 valence electrons. The van der Waals surface area contributed by atoms with Gasteiger partial charge in [0.25, 0.3) is 0 Å². The number of nitrogens with zero attached hydrogens (tertiary/aromatic N) is 3. The van der Waals surface area contributed by atoms with E-state index in [1.165, 1.54) is 6.07 Å². The second-order valence-electron chi connectivity index (χ2n) is 6.57. The number of benzene rings is 1. The largest absolute Gasteiger partial charge is 0.489 e. The Kier molecular flexibility index (Phi) is 8.63. The average molecular weight is 409 g/mol. The highest BCUT2D eigenvalue weighted by atomic mass is 35.5. The molecular formula is C20H26ClFN4O2. The number of ether oxygens (including phenoxy) is 1. The minimum Gasteiger partial charge on any atom is -0.489 e. The van der Waals surface area contributed by atoms with Gasteiger partial charge in [-0.05, 0) is 23.8 Å². The number of aromatic nitrogens is 1. The van der Waals surface area contributed by atoms with Crippen LogP contribution in [0.4, 0.5) is 4.39 Å². The average Bonchev–Trinajstić information content (AvgIpc) is 2.70. The molecule has 6 nitrogen and oxygen atoms in total. The van der Waals surface area contributed by atoms with Crippen molar-refractivity contribution in [3.05, 3.63) is 60.2 Å². The Morgan fingerprint density at radius 1 is 1.36 bits per heavy atom. The van der Waals surface area contributed by atoms with Crippen molar-refractivity contribution in [1.29, 1.82) is 0 Å². The van der Waals surface area contributed by atoms with Crippen LogP contribution >= 0.6 is 12.4 Å². The number of hydrogen-bond acceptors (Lipinski definition) is 5. The van der Waals surface area contributed by atoms with E-state index in [0.717, 1.165) is 25.2 Å². The third-order valence-electron chi connectivity index (χ3n) is 4.71. The van der Waals surface area contributed by atoms with Gasteiger partial charge in [0, 0.05) is 45.1 Å². The van der Waals surface area contributed by atoms with Gasteiger partial charge in [-0.25, -0.2) is 4.39 Å². The van der Waals surface area contributed by atoms with Gasteiger partial charge in [-0.1, -0.05) is 18.2 Å². The van der Waals surface area contributed by atoms with Gasteiger partial charge in [-0.3, -0.25) is 14.7 Å². The molecular weight excluding hydrogens is 383 g/mol. The fourth-order valence-corrected chi connectivity index (χ4v) is 3.11. The van der Waals surface area contributed by atoms with E-state index in [9.17, 15) is 9.18 Å². The van der Waals surface area contributed by atoms with Crippen molar-refractivity contribution < 1.29 is 13.9 Å². The molecule has 1 aliphatic heterocycles. The first-order valence-corrected chi connectivity index (χ1v) is 9.11. The van der Waals surface area contributed by atoms with E-state index in [-0.39, 0.29) is 36.7 Å². The molecule has 0 radical (unpaired) electrons. The van der Waals surface area contributed by atoms with Gasteiger partial charge in [0.2, 0.25) is 5.91 Å². The van der Waals surface area contributed by atoms with Crippen LogP contribution in [0.25, 0.3) is 0 Å². The van der Waals surface area contributed by atoms with Crippen LogP contribution in [0.2, 0.25) is 0 Å². The van der Waals surface area contributed by atoms with Gasteiger partial charge in [-0.2, -0.15) is 0 Å². The van der Waals surface area contributed by atoms with Gasteiger partial charge >= 0.3 is 0 Å². The first-order valence-electron chi connectivity index (χ1n) is 9.11. The summed E-state index contributed by atoms with van der Waals surface area (Å²) in [7, 11) is 1.74. The van der Waals surface area contributed by atoms with Gasteiger partial charge in [0.1, 0.15) is 6.61 Å². The van der Waals surface area contributed by atoms with Crippen molar-refractivity contribution in [2.24, 2.45) is 0 Å². The third kappa shape index (κ3) is 5.89. The zero-order chi connectivity index (χ0) is 19.1. The number of hydrogen-bond donors (Lipinski definition) is 1. The maximum Gasteiger partial charge on any atom is 0.236 e. The van der Waals surface area contributed by atoms with Crippen molar-refractivity contribution in [3.8, 4) is 5.75 Å². The number of nitrogens with one attached hydrogen (secondary N) is 1. The zero-order valence-electron chi connectivity index (χ0n) is 15.9. The van der Waals surface area contributed by atoms with Crippen LogP contribution in [0.3, 0.4) is 0 Å². The third-order valence-corrected chi connectivity index (χ3v) is 4.71. The molecule has 2 aromatic rings. The number of carbonyl (C=O) groups is 1. The monoisotopic (exact) mass is 408 g/mol. The topological polar surface area (TPSA) is 57.7 Å². The van der Waals surface area contributed by atoms with E-state index in [1.807, 2.05) is 18.3 Å². The molecule has 0 saturated carbocycles. The second kappa shape index (κ2) is 10.9. The van der Waals surface area contributed by atoms with Gasteiger partial charge < -0.3 is 15.0 Å². The van der Waals surface area contributed by atoms with Gasteiger partial charge in [0.05, 0.1) is 13.1 Å². The highest BCUT2D eigenvalue weighted by Crippen LogP contribution is 2.21. The van der Waals surface area contributed by atoms with Crippen LogP contribution < -0.4 is 10.1 Å². The molecule has 1 unspecified atom stereocenters. The smallest absolute Gasteiger partial charge is 0.236 e. The van der Waals surface area contributed by atoms with E-state index in [1.54, 1.807) is 36.3 Å². The zero-order valence-corrected chi connectivity index (χ0v) is 16.7. The first kappa shape index (κ1) is 22.1. The van der Waals surface area contributed by atoms with Crippen molar-refractivity contribution in [3.63, 3.8) is 0 Å². The van der Waals surface area contributed by atoms with E-state index in [0.29, 0.717) is 13.1 Å². The SMILES string of the molecule is CN(CCOc1ccccc1F)C(=O)CN1CCNCC1c1cccnc1.Cl. The lowest BCUT2D eigenvalue weighted by Gasteiger charge is -2.36. The Labute approximate surface area is 171 Å². The number of likely N-dealkylation sites (N-methyl/N-ethyl adjacent to an activating group) is 1. The van der Waals surface area contributed by atoms with Crippen molar-refractivity contribution in [2.45, 2.75) is 6.04 Å². The second-order valence-corrected chi connectivity index (χ2v) is 6.57. The number of carbonyl (C=O) groups excluding carboxylic acids is 1. The fourth-order valence-electron chi connectivity index (χ4n) is 3.11. The molecule has 1 fully saturated rings. The van der Waals surface area contributed by atoms with E-state index in [2.05, 4.69) is 15.2 Å². The summed E-state index contributed by atoms with van der Waals surface area (Å²) in [6.07, 6.45) is 3.60. The Morgan fingerprint density at radius 2 is 2.18 bits per heavy atom. The number of amides is 1. The molecule has 28 heavy (non-hydrogen) atoms. The minimum absolute atomic E-state index is 0. The van der Waals surface area contributed by atoms with E-state index < -0.39 is 5.82 Å². The summed E-state index contributed by atoms with van der Waals surface area (Å²) in [6, 6.07) is 10.3. The lowest BCUT2D eigenvalue weighted by Crippen LogP contribution is -2.50. The molecule has 8 heteroatoms. The van der Waals surface area contributed by atoms with Crippen molar-refractivity contribution >= 4 is 18.3 Å². The maximum atomic E-state index is 13.6. The Hall–Kier alpha value is -2.22. The summed E-state index contributed by atoms with van der Waals surface area (Å²) >= 11 is 0. The van der Waals surface area contributed by atoms with Gasteiger partial charge in [0.15, 0.2) is 11.6 Å². The molecule has 1 atom stereocenters. The number of piperazine rings is 1. The first-order chi connectivity index (χ1) is 13.1. The molecule has 1 saturated heterocycles. The van der Waals surface area contributed by atoms with Crippen molar-refractivity contribution in [1.82, 2.24) is 20.1 Å². The highest BCUT2D eigenvalue weighted by molar-refractivity contribution is 5.85. The minimum atomic E-state index is -0.397. The summed E-state index contributed by atoms with van der Waals surface area (Å²) in [5, 5.41) is 3.37. The number of rotatable bonds is 7. The summed E-state index contributed by atoms with van der Waals surface area (Å²) < 4.78 is 19.0. The Balaban J connectivity index is 0.00000280. The summed E-state index contributed by atoms with van der Waals surface area (Å²) in [4.78, 5) is 20.6. The van der Waals surface area contributed by atoms with Crippen LogP contribution in [-0.4, -0.2) is 67.1 Å². The molecule has 1 aliphatic rings. The van der Waals surface area contributed by atoms with Crippen LogP contribution in [0.15, 0.2) is 48.8 Å². The van der Waals surface area contributed by atoms with Crippen LogP contribution in [0.5, 0.6) is 5.75 Å². The number of pyridine rings is 1. The Bertz CT molecular complexity index is 750. The lowest BCUT2D eigenvalue weighted by atomic mass is 10.1. The predicted octanol–water partition coefficient (Wildman–Crippen LogP) is 2.13. The number of para-hydroxylation sites is 1. The predicted molar refractivity (Wildman–Crippen MR) is 108 cm³/mol. The normalized spacial score (nSPS) is 16.9. The summed E-state index contributed by atoms with van der Waals surface area (Å²) in [6.45, 7) is 3.42. The number of halogens is 2. The fraction of sp³-hybridized carbons (Fsp3) is 0.400. The highest BCUT2D eigenvalue weighted by Gasteiger charge is 2.26. The molecule has 1 aromatic carbocycles. The maximum absolute atomic E-state index is 13.6. The molecule has 3 rings (SSSR count). The van der Waals surface area contributed by atoms with E-state index in [4.69, 9.17) is 4.74 Å². The van der Waals surface area contributed by atoms with Crippen LogP contribution in [-0.2, 0) is 4.79 Å². The van der Waals surface area contributed by atoms with Crippen LogP contribution in [0, 0.1) is 5.82 Å². The molecule has 2 heterocycles. The Morgan fingerprint density at radius 3 is 2.93 bits per heavy atom. The summed E-state index contributed by atoms with van der Waals surface area (Å²) in [5.74, 6) is -0.174. The standard InChI is InChI=1S/C20H25FN4O2.ClH/c1-24(11-12-27-19-7-3-2-6-17(19)21)20(26)15-25-10-9-23-14-18(25)16-5-4-8-22-13-16;/h2-8,13,18,23H,9-12,14-15H2,1H3;1H. The van der Waals surface area contributed by atoms with Crippen LogP contribution in [0.1, 0.15) is 11.6 Å². The summed E-state index contributed by atoms with van der Waals surface area (Å²) in [5.41, 5.74) is 1.10. The molecule has 1 aromatic heterocycles. The molecule has 1 amide bonds. The quantitative estimate of drug-likeness (QED) is 0.760. The van der Waals surface area contributed by atoms with Crippen molar-refractivity contribution in [2.75, 3.05) is 46.4 Å². The molecule has 0 spiro atoms.